The van der Waals surface area contributed by atoms with Crippen molar-refractivity contribution in [2.24, 2.45) is 4.99 Å². The van der Waals surface area contributed by atoms with Crippen molar-refractivity contribution in [2.75, 3.05) is 40.8 Å². The number of methoxy groups -OCH3 is 1. The van der Waals surface area contributed by atoms with Crippen LogP contribution in [0.25, 0.3) is 0 Å². The Morgan fingerprint density at radius 1 is 1.22 bits per heavy atom. The number of hydrogen-bond acceptors (Lipinski definition) is 3. The maximum absolute atomic E-state index is 5.17. The number of benzene rings is 1. The number of hydrogen-bond donors (Lipinski definition) is 2. The maximum Gasteiger partial charge on any atom is 0.191 e. The van der Waals surface area contributed by atoms with Crippen LogP contribution in [0.15, 0.2) is 29.3 Å². The van der Waals surface area contributed by atoms with Gasteiger partial charge in [0, 0.05) is 32.7 Å². The average Bonchev–Trinajstić information content (AvgIpc) is 2.59. The van der Waals surface area contributed by atoms with Crippen LogP contribution in [-0.2, 0) is 6.42 Å². The molecule has 130 valence electrons. The van der Waals surface area contributed by atoms with E-state index in [2.05, 4.69) is 53.6 Å². The quantitative estimate of drug-likeness (QED) is 0.541. The van der Waals surface area contributed by atoms with Gasteiger partial charge in [-0.3, -0.25) is 4.99 Å². The molecule has 5 heteroatoms. The molecular weight excluding hydrogens is 288 g/mol. The Labute approximate surface area is 141 Å². The second-order valence-corrected chi connectivity index (χ2v) is 5.76. The Balaban J connectivity index is 2.25. The Morgan fingerprint density at radius 2 is 1.87 bits per heavy atom. The third-order valence-corrected chi connectivity index (χ3v) is 4.19. The SMILES string of the molecule is CCC(C)N(C)CCNC(=NC)NCCc1ccc(OC)cc1. The minimum Gasteiger partial charge on any atom is -0.497 e. The minimum atomic E-state index is 0.613. The first kappa shape index (κ1) is 19.3. The first-order valence-electron chi connectivity index (χ1n) is 8.38. The van der Waals surface area contributed by atoms with E-state index in [1.807, 2.05) is 12.1 Å². The molecule has 1 aromatic carbocycles. The molecule has 1 atom stereocenters. The van der Waals surface area contributed by atoms with Gasteiger partial charge >= 0.3 is 0 Å². The number of likely N-dealkylation sites (N-methyl/N-ethyl adjacent to an activating group) is 1. The van der Waals surface area contributed by atoms with Crippen molar-refractivity contribution in [3.05, 3.63) is 29.8 Å². The number of guanidine groups is 1. The molecular formula is C18H32N4O. The lowest BCUT2D eigenvalue weighted by Crippen LogP contribution is -2.42. The molecule has 0 spiro atoms. The monoisotopic (exact) mass is 320 g/mol. The summed E-state index contributed by atoms with van der Waals surface area (Å²) >= 11 is 0. The molecule has 1 aromatic rings. The highest BCUT2D eigenvalue weighted by molar-refractivity contribution is 5.79. The van der Waals surface area contributed by atoms with Gasteiger partial charge in [0.05, 0.1) is 7.11 Å². The van der Waals surface area contributed by atoms with Gasteiger partial charge in [0.15, 0.2) is 5.96 Å². The molecule has 0 saturated heterocycles. The lowest BCUT2D eigenvalue weighted by atomic mass is 10.1. The van der Waals surface area contributed by atoms with E-state index in [1.165, 1.54) is 12.0 Å². The van der Waals surface area contributed by atoms with Crippen molar-refractivity contribution in [2.45, 2.75) is 32.7 Å². The van der Waals surface area contributed by atoms with Crippen LogP contribution in [0.3, 0.4) is 0 Å². The summed E-state index contributed by atoms with van der Waals surface area (Å²) in [5.41, 5.74) is 1.28. The van der Waals surface area contributed by atoms with Gasteiger partial charge < -0.3 is 20.3 Å². The van der Waals surface area contributed by atoms with Gasteiger partial charge in [-0.1, -0.05) is 19.1 Å². The second-order valence-electron chi connectivity index (χ2n) is 5.76. The highest BCUT2D eigenvalue weighted by atomic mass is 16.5. The average molecular weight is 320 g/mol. The van der Waals surface area contributed by atoms with Crippen molar-refractivity contribution in [3.8, 4) is 5.75 Å². The van der Waals surface area contributed by atoms with E-state index in [9.17, 15) is 0 Å². The van der Waals surface area contributed by atoms with Crippen LogP contribution < -0.4 is 15.4 Å². The molecule has 0 radical (unpaired) electrons. The Morgan fingerprint density at radius 3 is 2.43 bits per heavy atom. The largest absolute Gasteiger partial charge is 0.497 e. The number of nitrogens with zero attached hydrogens (tertiary/aromatic N) is 2. The van der Waals surface area contributed by atoms with Crippen molar-refractivity contribution in [3.63, 3.8) is 0 Å². The fourth-order valence-electron chi connectivity index (χ4n) is 2.22. The van der Waals surface area contributed by atoms with E-state index in [1.54, 1.807) is 14.2 Å². The van der Waals surface area contributed by atoms with E-state index >= 15 is 0 Å². The maximum atomic E-state index is 5.17. The van der Waals surface area contributed by atoms with Crippen LogP contribution in [0.5, 0.6) is 5.75 Å². The first-order valence-corrected chi connectivity index (χ1v) is 8.38. The zero-order valence-electron chi connectivity index (χ0n) is 15.2. The van der Waals surface area contributed by atoms with Crippen LogP contribution >= 0.6 is 0 Å². The van der Waals surface area contributed by atoms with Crippen molar-refractivity contribution < 1.29 is 4.74 Å². The van der Waals surface area contributed by atoms with E-state index in [0.717, 1.165) is 37.8 Å². The van der Waals surface area contributed by atoms with Crippen LogP contribution in [0.1, 0.15) is 25.8 Å². The van der Waals surface area contributed by atoms with Gasteiger partial charge in [-0.25, -0.2) is 0 Å². The molecule has 23 heavy (non-hydrogen) atoms. The lowest BCUT2D eigenvalue weighted by Gasteiger charge is -2.24. The van der Waals surface area contributed by atoms with Crippen LogP contribution in [-0.4, -0.2) is 57.7 Å². The molecule has 0 saturated carbocycles. The zero-order valence-corrected chi connectivity index (χ0v) is 15.2. The first-order chi connectivity index (χ1) is 11.1. The van der Waals surface area contributed by atoms with Crippen LogP contribution in [0.4, 0.5) is 0 Å². The van der Waals surface area contributed by atoms with Crippen molar-refractivity contribution in [1.29, 1.82) is 0 Å². The van der Waals surface area contributed by atoms with E-state index in [4.69, 9.17) is 4.74 Å². The summed E-state index contributed by atoms with van der Waals surface area (Å²) in [7, 11) is 5.65. The Hall–Kier alpha value is -1.75. The van der Waals surface area contributed by atoms with Crippen molar-refractivity contribution >= 4 is 5.96 Å². The predicted molar refractivity (Wildman–Crippen MR) is 98.4 cm³/mol. The van der Waals surface area contributed by atoms with E-state index in [0.29, 0.717) is 6.04 Å². The van der Waals surface area contributed by atoms with Crippen LogP contribution in [0, 0.1) is 0 Å². The van der Waals surface area contributed by atoms with Gasteiger partial charge in [0.2, 0.25) is 0 Å². The molecule has 0 fully saturated rings. The summed E-state index contributed by atoms with van der Waals surface area (Å²) in [5, 5.41) is 6.71. The summed E-state index contributed by atoms with van der Waals surface area (Å²) in [4.78, 5) is 6.62. The van der Waals surface area contributed by atoms with Gasteiger partial charge in [-0.2, -0.15) is 0 Å². The fourth-order valence-corrected chi connectivity index (χ4v) is 2.22. The van der Waals surface area contributed by atoms with Gasteiger partial charge in [0.25, 0.3) is 0 Å². The van der Waals surface area contributed by atoms with E-state index < -0.39 is 0 Å². The zero-order chi connectivity index (χ0) is 17.1. The molecule has 0 bridgehead atoms. The Kier molecular flexibility index (Phi) is 9.14. The molecule has 0 heterocycles. The minimum absolute atomic E-state index is 0.613. The molecule has 0 aliphatic heterocycles. The fraction of sp³-hybridized carbons (Fsp3) is 0.611. The second kappa shape index (κ2) is 10.9. The molecule has 0 aliphatic carbocycles. The summed E-state index contributed by atoms with van der Waals surface area (Å²) in [6.45, 7) is 7.22. The molecule has 0 aromatic heterocycles. The number of aliphatic imine (C=N–C) groups is 1. The lowest BCUT2D eigenvalue weighted by molar-refractivity contribution is 0.255. The molecule has 1 unspecified atom stereocenters. The molecule has 0 aliphatic rings. The summed E-state index contributed by atoms with van der Waals surface area (Å²) in [5.74, 6) is 1.75. The predicted octanol–water partition coefficient (Wildman–Crippen LogP) is 2.13. The molecule has 2 N–H and O–H groups in total. The molecule has 5 nitrogen and oxygen atoms in total. The normalized spacial score (nSPS) is 13.0. The third-order valence-electron chi connectivity index (χ3n) is 4.19. The van der Waals surface area contributed by atoms with Crippen LogP contribution in [0.2, 0.25) is 0 Å². The summed E-state index contributed by atoms with van der Waals surface area (Å²) in [6.07, 6.45) is 2.13. The Bertz CT molecular complexity index is 459. The standard InChI is InChI=1S/C18H32N4O/c1-6-15(2)22(4)14-13-21-18(19-3)20-12-11-16-7-9-17(23-5)10-8-16/h7-10,15H,6,11-14H2,1-5H3,(H2,19,20,21). The molecule has 1 rings (SSSR count). The smallest absolute Gasteiger partial charge is 0.191 e. The van der Waals surface area contributed by atoms with Gasteiger partial charge in [-0.15, -0.1) is 0 Å². The van der Waals surface area contributed by atoms with E-state index in [-0.39, 0.29) is 0 Å². The van der Waals surface area contributed by atoms with Crippen molar-refractivity contribution in [1.82, 2.24) is 15.5 Å². The topological polar surface area (TPSA) is 48.9 Å². The number of ether oxygens (including phenoxy) is 1. The number of nitrogens with one attached hydrogen (secondary N) is 2. The highest BCUT2D eigenvalue weighted by Crippen LogP contribution is 2.11. The number of rotatable bonds is 9. The molecule has 0 amide bonds. The van der Waals surface area contributed by atoms with Gasteiger partial charge in [-0.05, 0) is 44.5 Å². The summed E-state index contributed by atoms with van der Waals surface area (Å²) < 4.78 is 5.17. The van der Waals surface area contributed by atoms with Gasteiger partial charge in [0.1, 0.15) is 5.75 Å². The summed E-state index contributed by atoms with van der Waals surface area (Å²) in [6, 6.07) is 8.79. The third kappa shape index (κ3) is 7.37. The highest BCUT2D eigenvalue weighted by Gasteiger charge is 2.06.